The number of anilines is 1. The maximum Gasteiger partial charge on any atom is 0.274 e. The van der Waals surface area contributed by atoms with Gasteiger partial charge in [-0.05, 0) is 30.2 Å². The van der Waals surface area contributed by atoms with Crippen LogP contribution in [0.15, 0.2) is 53.3 Å². The zero-order valence-corrected chi connectivity index (χ0v) is 13.2. The van der Waals surface area contributed by atoms with Crippen LogP contribution >= 0.6 is 0 Å². The van der Waals surface area contributed by atoms with Gasteiger partial charge in [-0.25, -0.2) is 4.39 Å². The molecule has 1 heterocycles. The van der Waals surface area contributed by atoms with E-state index >= 15 is 0 Å². The Balaban J connectivity index is 1.66. The van der Waals surface area contributed by atoms with Crippen molar-refractivity contribution in [2.75, 3.05) is 5.32 Å². The second kappa shape index (κ2) is 7.04. The Morgan fingerprint density at radius 2 is 1.67 bits per heavy atom. The third-order valence-electron chi connectivity index (χ3n) is 3.63. The molecule has 2 N–H and O–H groups in total. The van der Waals surface area contributed by atoms with E-state index < -0.39 is 0 Å². The largest absolute Gasteiger partial charge is 0.350 e. The standard InChI is InChI=1S/C18H17FN4O/c1-12-2-4-14(5-3-12)11-20-18-21-17(24)16(22-23-18)10-13-6-8-15(19)9-7-13/h2-9H,10-11H2,1H3,(H2,20,21,23,24). The van der Waals surface area contributed by atoms with Gasteiger partial charge in [-0.3, -0.25) is 9.78 Å². The van der Waals surface area contributed by atoms with Crippen LogP contribution in [0.2, 0.25) is 0 Å². The molecule has 0 fully saturated rings. The molecular weight excluding hydrogens is 307 g/mol. The highest BCUT2D eigenvalue weighted by molar-refractivity contribution is 5.28. The maximum atomic E-state index is 12.9. The third kappa shape index (κ3) is 4.04. The van der Waals surface area contributed by atoms with Crippen molar-refractivity contribution in [2.45, 2.75) is 19.9 Å². The van der Waals surface area contributed by atoms with Crippen molar-refractivity contribution in [2.24, 2.45) is 0 Å². The molecule has 0 atom stereocenters. The molecule has 6 heteroatoms. The fourth-order valence-corrected chi connectivity index (χ4v) is 2.24. The van der Waals surface area contributed by atoms with E-state index in [1.807, 2.05) is 31.2 Å². The smallest absolute Gasteiger partial charge is 0.274 e. The molecule has 24 heavy (non-hydrogen) atoms. The molecule has 0 spiro atoms. The molecule has 1 aromatic heterocycles. The molecule has 0 radical (unpaired) electrons. The Morgan fingerprint density at radius 3 is 2.33 bits per heavy atom. The van der Waals surface area contributed by atoms with E-state index in [-0.39, 0.29) is 11.4 Å². The van der Waals surface area contributed by atoms with E-state index in [9.17, 15) is 9.18 Å². The van der Waals surface area contributed by atoms with Crippen molar-refractivity contribution in [3.05, 3.63) is 87.1 Å². The van der Waals surface area contributed by atoms with Gasteiger partial charge in [-0.1, -0.05) is 42.0 Å². The summed E-state index contributed by atoms with van der Waals surface area (Å²) >= 11 is 0. The lowest BCUT2D eigenvalue weighted by Gasteiger charge is -2.06. The van der Waals surface area contributed by atoms with Gasteiger partial charge in [0.2, 0.25) is 5.95 Å². The first-order valence-electron chi connectivity index (χ1n) is 7.60. The van der Waals surface area contributed by atoms with Crippen molar-refractivity contribution in [3.8, 4) is 0 Å². The van der Waals surface area contributed by atoms with E-state index in [0.29, 0.717) is 24.6 Å². The Kier molecular flexibility index (Phi) is 4.65. The first-order valence-corrected chi connectivity index (χ1v) is 7.60. The van der Waals surface area contributed by atoms with Crippen LogP contribution in [-0.4, -0.2) is 15.2 Å². The second-order valence-corrected chi connectivity index (χ2v) is 5.59. The Bertz CT molecular complexity index is 873. The molecule has 0 saturated carbocycles. The van der Waals surface area contributed by atoms with Crippen LogP contribution in [0.1, 0.15) is 22.4 Å². The maximum absolute atomic E-state index is 12.9. The van der Waals surface area contributed by atoms with Crippen LogP contribution < -0.4 is 10.9 Å². The molecule has 2 aromatic carbocycles. The van der Waals surface area contributed by atoms with Gasteiger partial charge in [-0.15, -0.1) is 10.2 Å². The molecule has 0 saturated heterocycles. The molecule has 0 unspecified atom stereocenters. The average Bonchev–Trinajstić information content (AvgIpc) is 2.58. The quantitative estimate of drug-likeness (QED) is 0.757. The molecule has 122 valence electrons. The molecule has 0 aliphatic heterocycles. The zero-order valence-electron chi connectivity index (χ0n) is 13.2. The fraction of sp³-hybridized carbons (Fsp3) is 0.167. The highest BCUT2D eigenvalue weighted by Crippen LogP contribution is 2.07. The minimum Gasteiger partial charge on any atom is -0.350 e. The van der Waals surface area contributed by atoms with Gasteiger partial charge in [-0.2, -0.15) is 0 Å². The zero-order chi connectivity index (χ0) is 16.9. The van der Waals surface area contributed by atoms with E-state index in [0.717, 1.165) is 11.1 Å². The summed E-state index contributed by atoms with van der Waals surface area (Å²) < 4.78 is 12.9. The normalized spacial score (nSPS) is 10.6. The summed E-state index contributed by atoms with van der Waals surface area (Å²) in [5.41, 5.74) is 3.07. The van der Waals surface area contributed by atoms with Crippen molar-refractivity contribution in [1.82, 2.24) is 15.2 Å². The van der Waals surface area contributed by atoms with Crippen molar-refractivity contribution in [3.63, 3.8) is 0 Å². The van der Waals surface area contributed by atoms with Gasteiger partial charge in [0.05, 0.1) is 0 Å². The molecule has 5 nitrogen and oxygen atoms in total. The molecule has 0 bridgehead atoms. The summed E-state index contributed by atoms with van der Waals surface area (Å²) in [6.07, 6.45) is 0.306. The Labute approximate surface area is 138 Å². The predicted octanol–water partition coefficient (Wildman–Crippen LogP) is 2.82. The number of hydrogen-bond donors (Lipinski definition) is 2. The van der Waals surface area contributed by atoms with Crippen molar-refractivity contribution >= 4 is 5.95 Å². The van der Waals surface area contributed by atoms with Gasteiger partial charge in [0.15, 0.2) is 0 Å². The first-order chi connectivity index (χ1) is 11.6. The number of nitrogens with zero attached hydrogens (tertiary/aromatic N) is 2. The lowest BCUT2D eigenvalue weighted by Crippen LogP contribution is -2.19. The number of hydrogen-bond acceptors (Lipinski definition) is 4. The van der Waals surface area contributed by atoms with Gasteiger partial charge >= 0.3 is 0 Å². The Morgan fingerprint density at radius 1 is 1.00 bits per heavy atom. The Hall–Kier alpha value is -3.02. The monoisotopic (exact) mass is 324 g/mol. The number of aromatic nitrogens is 3. The predicted molar refractivity (Wildman–Crippen MR) is 90.4 cm³/mol. The summed E-state index contributed by atoms with van der Waals surface area (Å²) in [6.45, 7) is 2.57. The summed E-state index contributed by atoms with van der Waals surface area (Å²) in [5.74, 6) is 0.0119. The number of aryl methyl sites for hydroxylation is 1. The minimum absolute atomic E-state index is 0.294. The first kappa shape index (κ1) is 15.9. The summed E-state index contributed by atoms with van der Waals surface area (Å²) in [5, 5.41) is 11.0. The van der Waals surface area contributed by atoms with E-state index in [1.165, 1.54) is 17.7 Å². The number of aromatic amines is 1. The molecule has 3 aromatic rings. The SMILES string of the molecule is Cc1ccc(CNc2nnc(Cc3ccc(F)cc3)c(=O)[nH]2)cc1. The lowest BCUT2D eigenvalue weighted by atomic mass is 10.1. The van der Waals surface area contributed by atoms with Crippen molar-refractivity contribution in [1.29, 1.82) is 0 Å². The van der Waals surface area contributed by atoms with Crippen LogP contribution in [0.4, 0.5) is 10.3 Å². The van der Waals surface area contributed by atoms with E-state index in [4.69, 9.17) is 0 Å². The van der Waals surface area contributed by atoms with Crippen molar-refractivity contribution < 1.29 is 4.39 Å². The number of H-pyrrole nitrogens is 1. The number of benzene rings is 2. The van der Waals surface area contributed by atoms with Crippen LogP contribution in [0, 0.1) is 12.7 Å². The topological polar surface area (TPSA) is 70.7 Å². The second-order valence-electron chi connectivity index (χ2n) is 5.59. The van der Waals surface area contributed by atoms with E-state index in [1.54, 1.807) is 12.1 Å². The van der Waals surface area contributed by atoms with Gasteiger partial charge < -0.3 is 5.32 Å². The lowest BCUT2D eigenvalue weighted by molar-refractivity contribution is 0.627. The summed E-state index contributed by atoms with van der Waals surface area (Å²) in [6, 6.07) is 14.0. The highest BCUT2D eigenvalue weighted by atomic mass is 19.1. The summed E-state index contributed by atoms with van der Waals surface area (Å²) in [4.78, 5) is 14.8. The molecular formula is C18H17FN4O. The number of nitrogens with one attached hydrogen (secondary N) is 2. The third-order valence-corrected chi connectivity index (χ3v) is 3.63. The molecule has 3 rings (SSSR count). The summed E-state index contributed by atoms with van der Waals surface area (Å²) in [7, 11) is 0. The fourth-order valence-electron chi connectivity index (χ4n) is 2.24. The van der Waals surface area contributed by atoms with Crippen LogP contribution in [0.5, 0.6) is 0 Å². The van der Waals surface area contributed by atoms with Gasteiger partial charge in [0.25, 0.3) is 5.56 Å². The van der Waals surface area contributed by atoms with Crippen LogP contribution in [0.3, 0.4) is 0 Å². The average molecular weight is 324 g/mol. The van der Waals surface area contributed by atoms with Crippen LogP contribution in [-0.2, 0) is 13.0 Å². The van der Waals surface area contributed by atoms with Gasteiger partial charge in [0.1, 0.15) is 11.5 Å². The number of halogens is 1. The highest BCUT2D eigenvalue weighted by Gasteiger charge is 2.06. The van der Waals surface area contributed by atoms with Crippen LogP contribution in [0.25, 0.3) is 0 Å². The van der Waals surface area contributed by atoms with E-state index in [2.05, 4.69) is 20.5 Å². The molecule has 0 aliphatic rings. The molecule has 0 amide bonds. The van der Waals surface area contributed by atoms with Gasteiger partial charge in [0, 0.05) is 13.0 Å². The number of rotatable bonds is 5. The molecule has 0 aliphatic carbocycles. The minimum atomic E-state index is -0.311.